The van der Waals surface area contributed by atoms with Crippen LogP contribution in [0.2, 0.25) is 0 Å². The molecule has 2 bridgehead atoms. The Morgan fingerprint density at radius 3 is 2.62 bits per heavy atom. The van der Waals surface area contributed by atoms with E-state index in [0.29, 0.717) is 34.7 Å². The zero-order chi connectivity index (χ0) is 32.7. The Bertz CT molecular complexity index is 1480. The average molecular weight is 633 g/mol. The molecule has 6 N–H and O–H groups in total. The fraction of sp³-hybridized carbons (Fsp3) is 0.625. The van der Waals surface area contributed by atoms with Gasteiger partial charge in [-0.15, -0.1) is 6.58 Å². The average Bonchev–Trinajstić information content (AvgIpc) is 3.47. The first-order valence-corrected chi connectivity index (χ1v) is 15.3. The van der Waals surface area contributed by atoms with Crippen LogP contribution in [0.5, 0.6) is 0 Å². The van der Waals surface area contributed by atoms with Crippen LogP contribution in [0, 0.1) is 11.8 Å². The topological polar surface area (TPSA) is 207 Å². The SMILES string of the molecule is C=C[C@@H]1[C@H](CC(=O)O)C(C(=O)OC)=CC[C@H]1O[C@]1(CO)O[C@H](CO)[C@]23OC(CCCO)=c4[n-]c(CC)cc4=C2CC[C@@]1(O)[C@H]3O. The minimum Gasteiger partial charge on any atom is -0.658 e. The Kier molecular flexibility index (Phi) is 9.35. The second-order valence-electron chi connectivity index (χ2n) is 12.1. The fourth-order valence-electron chi connectivity index (χ4n) is 7.65. The Balaban J connectivity index is 1.60. The lowest BCUT2D eigenvalue weighted by Gasteiger charge is -2.64. The van der Waals surface area contributed by atoms with Crippen molar-refractivity contribution in [2.75, 3.05) is 26.9 Å². The highest BCUT2D eigenvalue weighted by molar-refractivity contribution is 5.90. The Morgan fingerprint density at radius 2 is 2.02 bits per heavy atom. The number of aliphatic carboxylic acids is 1. The van der Waals surface area contributed by atoms with E-state index in [2.05, 4.69) is 6.58 Å². The largest absolute Gasteiger partial charge is 0.658 e. The summed E-state index contributed by atoms with van der Waals surface area (Å²) in [6.45, 7) is 4.04. The van der Waals surface area contributed by atoms with Crippen molar-refractivity contribution in [3.05, 3.63) is 46.6 Å². The normalized spacial score (nSPS) is 35.5. The molecule has 248 valence electrons. The smallest absolute Gasteiger partial charge is 0.333 e. The number of aromatic nitrogens is 1. The van der Waals surface area contributed by atoms with Gasteiger partial charge >= 0.3 is 11.9 Å². The molecule has 4 aliphatic rings. The number of carboxylic acids is 1. The van der Waals surface area contributed by atoms with E-state index < -0.39 is 78.7 Å². The third-order valence-corrected chi connectivity index (χ3v) is 9.85. The van der Waals surface area contributed by atoms with Crippen LogP contribution >= 0.6 is 0 Å². The fourth-order valence-corrected chi connectivity index (χ4v) is 7.65. The molecule has 1 saturated heterocycles. The minimum absolute atomic E-state index is 0.0404. The van der Waals surface area contributed by atoms with Gasteiger partial charge in [0.15, 0.2) is 11.2 Å². The van der Waals surface area contributed by atoms with Gasteiger partial charge in [-0.05, 0) is 36.5 Å². The van der Waals surface area contributed by atoms with Crippen molar-refractivity contribution in [2.45, 2.75) is 87.2 Å². The van der Waals surface area contributed by atoms with E-state index in [4.69, 9.17) is 23.9 Å². The lowest BCUT2D eigenvalue weighted by molar-refractivity contribution is -0.434. The summed E-state index contributed by atoms with van der Waals surface area (Å²) in [7, 11) is 1.19. The van der Waals surface area contributed by atoms with Gasteiger partial charge in [0, 0.05) is 30.4 Å². The number of carbonyl (C=O) groups excluding carboxylic acids is 1. The van der Waals surface area contributed by atoms with Crippen LogP contribution < -0.4 is 15.6 Å². The molecule has 0 unspecified atom stereocenters. The highest BCUT2D eigenvalue weighted by atomic mass is 16.7. The number of nitrogens with zero attached hydrogens (tertiary/aromatic N) is 1. The van der Waals surface area contributed by atoms with Crippen molar-refractivity contribution in [3.8, 4) is 0 Å². The number of hydrogen-bond acceptors (Lipinski definition) is 11. The number of rotatable bonds is 12. The second kappa shape index (κ2) is 12.6. The Morgan fingerprint density at radius 1 is 1.27 bits per heavy atom. The maximum absolute atomic E-state index is 12.5. The lowest BCUT2D eigenvalue weighted by Crippen LogP contribution is -2.83. The van der Waals surface area contributed by atoms with E-state index in [1.54, 1.807) is 0 Å². The maximum atomic E-state index is 12.5. The molecule has 2 aliphatic carbocycles. The Labute approximate surface area is 260 Å². The molecule has 1 saturated carbocycles. The molecular formula is C32H42NO12-. The summed E-state index contributed by atoms with van der Waals surface area (Å²) in [5.41, 5.74) is -2.52. The lowest BCUT2D eigenvalue weighted by atomic mass is 9.61. The van der Waals surface area contributed by atoms with Crippen LogP contribution in [0.1, 0.15) is 51.1 Å². The summed E-state index contributed by atoms with van der Waals surface area (Å²) in [5, 5.41) is 66.6. The van der Waals surface area contributed by atoms with Crippen LogP contribution in [0.15, 0.2) is 30.4 Å². The van der Waals surface area contributed by atoms with Gasteiger partial charge in [-0.3, -0.25) is 4.79 Å². The number of carbonyl (C=O) groups is 2. The summed E-state index contributed by atoms with van der Waals surface area (Å²) in [5.74, 6) is -5.48. The zero-order valence-corrected chi connectivity index (χ0v) is 25.5. The molecule has 2 fully saturated rings. The van der Waals surface area contributed by atoms with E-state index in [-0.39, 0.29) is 37.9 Å². The maximum Gasteiger partial charge on any atom is 0.333 e. The highest BCUT2D eigenvalue weighted by Gasteiger charge is 2.75. The molecule has 2 aliphatic heterocycles. The van der Waals surface area contributed by atoms with E-state index in [0.717, 1.165) is 5.69 Å². The molecule has 0 amide bonds. The summed E-state index contributed by atoms with van der Waals surface area (Å²) in [6, 6.07) is 1.90. The summed E-state index contributed by atoms with van der Waals surface area (Å²) < 4.78 is 24.2. The van der Waals surface area contributed by atoms with Crippen LogP contribution in [0.3, 0.4) is 0 Å². The predicted molar refractivity (Wildman–Crippen MR) is 156 cm³/mol. The first-order chi connectivity index (χ1) is 21.5. The van der Waals surface area contributed by atoms with Gasteiger partial charge in [0.1, 0.15) is 18.8 Å². The van der Waals surface area contributed by atoms with Crippen molar-refractivity contribution >= 4 is 23.3 Å². The number of ether oxygens (including phenoxy) is 4. The Hall–Kier alpha value is -3.04. The van der Waals surface area contributed by atoms with Gasteiger partial charge < -0.3 is 54.6 Å². The zero-order valence-electron chi connectivity index (χ0n) is 25.5. The van der Waals surface area contributed by atoms with Crippen molar-refractivity contribution in [1.29, 1.82) is 0 Å². The monoisotopic (exact) mass is 632 g/mol. The summed E-state index contributed by atoms with van der Waals surface area (Å²) >= 11 is 0. The molecule has 45 heavy (non-hydrogen) atoms. The number of methoxy groups -OCH3 is 1. The number of esters is 1. The quantitative estimate of drug-likeness (QED) is 0.118. The molecule has 13 nitrogen and oxygen atoms in total. The van der Waals surface area contributed by atoms with Crippen molar-refractivity contribution < 1.29 is 59.2 Å². The summed E-state index contributed by atoms with van der Waals surface area (Å²) in [4.78, 5) is 29.0. The molecular weight excluding hydrogens is 590 g/mol. The number of hydrogen-bond donors (Lipinski definition) is 6. The number of aliphatic hydroxyl groups excluding tert-OH is 4. The molecule has 0 radical (unpaired) electrons. The van der Waals surface area contributed by atoms with E-state index in [9.17, 15) is 40.2 Å². The third-order valence-electron chi connectivity index (χ3n) is 9.85. The molecule has 8 atom stereocenters. The number of carboxylic acid groups (broad SMARTS) is 1. The van der Waals surface area contributed by atoms with Gasteiger partial charge in [-0.25, -0.2) is 4.79 Å². The first-order valence-electron chi connectivity index (χ1n) is 15.3. The van der Waals surface area contributed by atoms with Gasteiger partial charge in [0.2, 0.25) is 5.79 Å². The van der Waals surface area contributed by atoms with E-state index in [1.807, 2.05) is 13.0 Å². The summed E-state index contributed by atoms with van der Waals surface area (Å²) in [6.07, 6.45) is -0.239. The van der Waals surface area contributed by atoms with Crippen LogP contribution in [0.4, 0.5) is 0 Å². The standard InChI is InChI=1S/C32H42NO12/c1-4-17-13-21-22-10-11-30(41)29(40)32(22,44-24(7-6-12-34)27(21)33-17)25(15-35)45-31(30,16-36)43-23-9-8-19(28(39)42-3)20(14-26(37)38)18(23)5-2/h5,8,13,18,20,23,25,29,34-36,40-41H,2,4,6-7,9-12,14-16H2,1,3H3,(H,37,38)/q-1/t18-,20+,23-,25-,29-,30-,31-,32-/m1/s1. The van der Waals surface area contributed by atoms with Gasteiger partial charge in [-0.1, -0.05) is 36.9 Å². The molecule has 0 aromatic carbocycles. The van der Waals surface area contributed by atoms with Gasteiger partial charge in [0.25, 0.3) is 0 Å². The van der Waals surface area contributed by atoms with Crippen LogP contribution in [-0.2, 0) is 35.0 Å². The molecule has 3 heterocycles. The minimum atomic E-state index is -2.29. The first kappa shape index (κ1) is 33.3. The molecule has 5 rings (SSSR count). The third kappa shape index (κ3) is 5.05. The van der Waals surface area contributed by atoms with E-state index >= 15 is 0 Å². The van der Waals surface area contributed by atoms with Crippen molar-refractivity contribution in [3.63, 3.8) is 0 Å². The van der Waals surface area contributed by atoms with Crippen LogP contribution in [-0.4, -0.2) is 105 Å². The molecule has 1 spiro atoms. The van der Waals surface area contributed by atoms with Crippen LogP contribution in [0.25, 0.3) is 11.3 Å². The van der Waals surface area contributed by atoms with Crippen molar-refractivity contribution in [2.24, 2.45) is 11.8 Å². The molecule has 13 heteroatoms. The number of aliphatic hydroxyl groups is 5. The van der Waals surface area contributed by atoms with Gasteiger partial charge in [-0.2, -0.15) is 5.69 Å². The highest BCUT2D eigenvalue weighted by Crippen LogP contribution is 2.57. The van der Waals surface area contributed by atoms with E-state index in [1.165, 1.54) is 19.3 Å². The molecule has 1 aromatic rings. The predicted octanol–water partition coefficient (Wildman–Crippen LogP) is -1.25. The second-order valence-corrected chi connectivity index (χ2v) is 12.1. The number of aryl methyl sites for hydroxylation is 1. The molecule has 1 aromatic heterocycles. The van der Waals surface area contributed by atoms with Gasteiger partial charge in [0.05, 0.1) is 32.0 Å². The van der Waals surface area contributed by atoms with Crippen molar-refractivity contribution in [1.82, 2.24) is 4.98 Å². The number of fused-ring (bicyclic) bond motifs is 2.